The summed E-state index contributed by atoms with van der Waals surface area (Å²) in [7, 11) is 2.62. The zero-order valence-electron chi connectivity index (χ0n) is 15.5. The first-order valence-electron chi connectivity index (χ1n) is 8.02. The van der Waals surface area contributed by atoms with Gasteiger partial charge in [-0.25, -0.2) is 4.98 Å². The maximum Gasteiger partial charge on any atom is 0.226 e. The fraction of sp³-hybridized carbons (Fsp3) is 0.444. The van der Waals surface area contributed by atoms with Crippen LogP contribution in [0.5, 0.6) is 5.75 Å². The number of carbonyl (C=O) groups is 1. The number of hydrogen-bond acceptors (Lipinski definition) is 6. The van der Waals surface area contributed by atoms with Gasteiger partial charge in [-0.2, -0.15) is 0 Å². The van der Waals surface area contributed by atoms with Crippen LogP contribution < -0.4 is 10.1 Å². The summed E-state index contributed by atoms with van der Waals surface area (Å²) < 4.78 is 5.08. The van der Waals surface area contributed by atoms with Gasteiger partial charge in [0.1, 0.15) is 5.75 Å². The third-order valence-electron chi connectivity index (χ3n) is 3.01. The molecule has 0 saturated carbocycles. The third-order valence-corrected chi connectivity index (χ3v) is 4.00. The Hall–Kier alpha value is -1.96. The molecule has 7 heteroatoms. The molecule has 0 aliphatic carbocycles. The normalized spacial score (nSPS) is 9.24. The Labute approximate surface area is 153 Å². The summed E-state index contributed by atoms with van der Waals surface area (Å²) in [6.45, 7) is 6.25. The van der Waals surface area contributed by atoms with Gasteiger partial charge < -0.3 is 20.3 Å². The van der Waals surface area contributed by atoms with Gasteiger partial charge in [0, 0.05) is 13.7 Å². The summed E-state index contributed by atoms with van der Waals surface area (Å²) in [6.07, 6.45) is 0.191. The van der Waals surface area contributed by atoms with Crippen molar-refractivity contribution in [1.82, 2.24) is 10.3 Å². The highest BCUT2D eigenvalue weighted by Crippen LogP contribution is 2.18. The number of amides is 1. The molecule has 1 heterocycles. The second-order valence-electron chi connectivity index (χ2n) is 4.56. The van der Waals surface area contributed by atoms with Crippen LogP contribution in [0.3, 0.4) is 0 Å². The predicted molar refractivity (Wildman–Crippen MR) is 101 cm³/mol. The highest BCUT2D eigenvalue weighted by molar-refractivity contribution is 7.11. The number of rotatable bonds is 6. The lowest BCUT2D eigenvalue weighted by Crippen LogP contribution is -2.25. The van der Waals surface area contributed by atoms with E-state index in [-0.39, 0.29) is 18.9 Å². The molecule has 0 aliphatic rings. The van der Waals surface area contributed by atoms with Gasteiger partial charge in [-0.3, -0.25) is 4.79 Å². The molecule has 25 heavy (non-hydrogen) atoms. The molecule has 2 aromatic rings. The van der Waals surface area contributed by atoms with Crippen LogP contribution in [0.2, 0.25) is 0 Å². The summed E-state index contributed by atoms with van der Waals surface area (Å²) in [5.41, 5.74) is 1.66. The van der Waals surface area contributed by atoms with Crippen LogP contribution in [0.25, 0.3) is 0 Å². The van der Waals surface area contributed by atoms with E-state index in [4.69, 9.17) is 9.84 Å². The molecule has 1 aromatic heterocycles. The summed E-state index contributed by atoms with van der Waals surface area (Å²) in [4.78, 5) is 17.0. The number of nitrogens with zero attached hydrogens (tertiary/aromatic N) is 1. The lowest BCUT2D eigenvalue weighted by Gasteiger charge is -2.06. The van der Waals surface area contributed by atoms with Crippen molar-refractivity contribution in [2.45, 2.75) is 40.3 Å². The number of benzene rings is 1. The summed E-state index contributed by atoms with van der Waals surface area (Å²) in [6, 6.07) is 7.53. The molecule has 0 aliphatic heterocycles. The Bertz CT molecular complexity index is 612. The third kappa shape index (κ3) is 8.11. The Kier molecular flexibility index (Phi) is 12.3. The van der Waals surface area contributed by atoms with Crippen molar-refractivity contribution in [1.29, 1.82) is 0 Å². The van der Waals surface area contributed by atoms with E-state index in [1.165, 1.54) is 11.3 Å². The first kappa shape index (κ1) is 23.0. The minimum absolute atomic E-state index is 0.0768. The molecule has 0 fully saturated rings. The van der Waals surface area contributed by atoms with Gasteiger partial charge in [-0.1, -0.05) is 26.0 Å². The van der Waals surface area contributed by atoms with Crippen LogP contribution in [-0.4, -0.2) is 35.3 Å². The summed E-state index contributed by atoms with van der Waals surface area (Å²) in [5.74, 6) is 0.682. The number of methoxy groups -OCH3 is 1. The smallest absolute Gasteiger partial charge is 0.226 e. The van der Waals surface area contributed by atoms with Gasteiger partial charge in [-0.15, -0.1) is 11.3 Å². The number of aryl methyl sites for hydroxylation is 1. The SMILES string of the molecule is CC.CO.COc1ccc(CNC(=O)Cc2nc(C)sc2CO)cc1. The van der Waals surface area contributed by atoms with E-state index in [1.54, 1.807) is 7.11 Å². The van der Waals surface area contributed by atoms with Gasteiger partial charge in [-0.05, 0) is 24.6 Å². The molecular weight excluding hydrogens is 340 g/mol. The van der Waals surface area contributed by atoms with Gasteiger partial charge >= 0.3 is 0 Å². The molecule has 1 aromatic carbocycles. The zero-order valence-corrected chi connectivity index (χ0v) is 16.3. The highest BCUT2D eigenvalue weighted by Gasteiger charge is 2.12. The molecular formula is C18H28N2O4S. The van der Waals surface area contributed by atoms with Crippen LogP contribution in [-0.2, 0) is 24.4 Å². The van der Waals surface area contributed by atoms with Crippen molar-refractivity contribution in [3.05, 3.63) is 45.4 Å². The monoisotopic (exact) mass is 368 g/mol. The number of aliphatic hydroxyl groups excluding tert-OH is 2. The number of nitrogens with one attached hydrogen (secondary N) is 1. The van der Waals surface area contributed by atoms with E-state index in [1.807, 2.05) is 45.0 Å². The number of carbonyl (C=O) groups excluding carboxylic acids is 1. The van der Waals surface area contributed by atoms with Crippen LogP contribution in [0.1, 0.15) is 35.0 Å². The van der Waals surface area contributed by atoms with Crippen molar-refractivity contribution >= 4 is 17.2 Å². The van der Waals surface area contributed by atoms with E-state index in [0.29, 0.717) is 12.2 Å². The van der Waals surface area contributed by atoms with E-state index < -0.39 is 0 Å². The second kappa shape index (κ2) is 13.3. The van der Waals surface area contributed by atoms with Crippen LogP contribution in [0.4, 0.5) is 0 Å². The molecule has 1 amide bonds. The maximum absolute atomic E-state index is 11.9. The Morgan fingerprint density at radius 3 is 2.36 bits per heavy atom. The van der Waals surface area contributed by atoms with Gasteiger partial charge in [0.15, 0.2) is 0 Å². The summed E-state index contributed by atoms with van der Waals surface area (Å²) in [5, 5.41) is 19.9. The molecule has 0 spiro atoms. The van der Waals surface area contributed by atoms with Gasteiger partial charge in [0.05, 0.1) is 35.7 Å². The molecule has 0 atom stereocenters. The molecule has 6 nitrogen and oxygen atoms in total. The van der Waals surface area contributed by atoms with Gasteiger partial charge in [0.2, 0.25) is 5.91 Å². The zero-order chi connectivity index (χ0) is 19.2. The molecule has 3 N–H and O–H groups in total. The number of aliphatic hydroxyl groups is 2. The average Bonchev–Trinajstić information content (AvgIpc) is 3.03. The van der Waals surface area contributed by atoms with E-state index in [9.17, 15) is 9.90 Å². The topological polar surface area (TPSA) is 91.7 Å². The fourth-order valence-electron chi connectivity index (χ4n) is 1.93. The Balaban J connectivity index is 0.00000134. The van der Waals surface area contributed by atoms with Crippen molar-refractivity contribution in [2.75, 3.05) is 14.2 Å². The van der Waals surface area contributed by atoms with Crippen molar-refractivity contribution < 1.29 is 19.7 Å². The molecule has 0 saturated heterocycles. The molecule has 0 radical (unpaired) electrons. The highest BCUT2D eigenvalue weighted by atomic mass is 32.1. The van der Waals surface area contributed by atoms with Crippen LogP contribution in [0.15, 0.2) is 24.3 Å². The number of thiazole rings is 1. The number of ether oxygens (including phenoxy) is 1. The van der Waals surface area contributed by atoms with E-state index in [2.05, 4.69) is 10.3 Å². The fourth-order valence-corrected chi connectivity index (χ4v) is 2.75. The van der Waals surface area contributed by atoms with Crippen LogP contribution in [0, 0.1) is 6.92 Å². The van der Waals surface area contributed by atoms with Crippen molar-refractivity contribution in [3.63, 3.8) is 0 Å². The standard InChI is InChI=1S/C15H18N2O3S.C2H6.CH4O/c1-10-17-13(14(9-18)21-10)7-15(19)16-8-11-3-5-12(20-2)6-4-11;2*1-2/h3-6,18H,7-9H2,1-2H3,(H,16,19);1-2H3;2H,1H3. The largest absolute Gasteiger partial charge is 0.497 e. The molecule has 0 unspecified atom stereocenters. The molecule has 2 rings (SSSR count). The Morgan fingerprint density at radius 1 is 1.24 bits per heavy atom. The van der Waals surface area contributed by atoms with Gasteiger partial charge in [0.25, 0.3) is 0 Å². The second-order valence-corrected chi connectivity index (χ2v) is 5.85. The average molecular weight is 368 g/mol. The number of hydrogen-bond donors (Lipinski definition) is 3. The Morgan fingerprint density at radius 2 is 1.84 bits per heavy atom. The van der Waals surface area contributed by atoms with Crippen molar-refractivity contribution in [2.24, 2.45) is 0 Å². The van der Waals surface area contributed by atoms with E-state index in [0.717, 1.165) is 28.3 Å². The summed E-state index contributed by atoms with van der Waals surface area (Å²) >= 11 is 1.42. The first-order valence-corrected chi connectivity index (χ1v) is 8.84. The van der Waals surface area contributed by atoms with Crippen molar-refractivity contribution in [3.8, 4) is 5.75 Å². The molecule has 0 bridgehead atoms. The quantitative estimate of drug-likeness (QED) is 0.728. The van der Waals surface area contributed by atoms with Crippen LogP contribution >= 0.6 is 11.3 Å². The predicted octanol–water partition coefficient (Wildman–Crippen LogP) is 2.45. The minimum Gasteiger partial charge on any atom is -0.497 e. The first-order chi connectivity index (χ1) is 12.1. The molecule has 140 valence electrons. The lowest BCUT2D eigenvalue weighted by molar-refractivity contribution is -0.120. The minimum atomic E-state index is -0.106. The maximum atomic E-state index is 11.9. The van der Waals surface area contributed by atoms with E-state index >= 15 is 0 Å². The lowest BCUT2D eigenvalue weighted by atomic mass is 10.2. The number of aromatic nitrogens is 1.